The summed E-state index contributed by atoms with van der Waals surface area (Å²) in [6, 6.07) is 0. The summed E-state index contributed by atoms with van der Waals surface area (Å²) in [7, 11) is -1.93. The van der Waals surface area contributed by atoms with Gasteiger partial charge in [-0.15, -0.1) is 0 Å². The van der Waals surface area contributed by atoms with Gasteiger partial charge < -0.3 is 0 Å². The van der Waals surface area contributed by atoms with Gasteiger partial charge in [-0.05, 0) is 27.7 Å². The van der Waals surface area contributed by atoms with Crippen molar-refractivity contribution in [2.45, 2.75) is 38.1 Å². The number of nitrogens with one attached hydrogen (secondary N) is 1. The van der Waals surface area contributed by atoms with Crippen LogP contribution in [0.2, 0.25) is 0 Å². The molecular weight excluding hydrogens is 306 g/mol. The number of H-pyrrole nitrogens is 1. The fourth-order valence-corrected chi connectivity index (χ4v) is 3.85. The van der Waals surface area contributed by atoms with E-state index in [0.29, 0.717) is 16.7 Å². The van der Waals surface area contributed by atoms with Gasteiger partial charge in [0.15, 0.2) is 0 Å². The largest absolute Gasteiger partial charge is 0.281 e. The topological polar surface area (TPSA) is 66.1 Å². The van der Waals surface area contributed by atoms with E-state index in [2.05, 4.69) is 26.1 Å². The molecule has 17 heavy (non-hydrogen) atoms. The number of aromatic nitrogens is 2. The molecule has 0 aliphatic rings. The monoisotopic (exact) mass is 323 g/mol. The van der Waals surface area contributed by atoms with Crippen LogP contribution in [-0.2, 0) is 10.0 Å². The third-order valence-corrected chi connectivity index (χ3v) is 6.56. The van der Waals surface area contributed by atoms with Crippen LogP contribution in [0.4, 0.5) is 0 Å². The first-order chi connectivity index (χ1) is 7.64. The highest BCUT2D eigenvalue weighted by Crippen LogP contribution is 2.27. The molecule has 0 aliphatic heterocycles. The number of rotatable bonds is 4. The number of nitrogens with zero attached hydrogens (tertiary/aromatic N) is 2. The minimum atomic E-state index is -3.52. The fraction of sp³-hybridized carbons (Fsp3) is 0.700. The Morgan fingerprint density at radius 2 is 1.94 bits per heavy atom. The van der Waals surface area contributed by atoms with E-state index in [-0.39, 0.29) is 4.90 Å². The maximum absolute atomic E-state index is 12.5. The molecule has 0 unspecified atom stereocenters. The van der Waals surface area contributed by atoms with Gasteiger partial charge in [0.05, 0.1) is 11.4 Å². The van der Waals surface area contributed by atoms with Crippen LogP contribution in [0.3, 0.4) is 0 Å². The van der Waals surface area contributed by atoms with Gasteiger partial charge in [0, 0.05) is 17.9 Å². The molecule has 1 aromatic rings. The molecule has 98 valence electrons. The van der Waals surface area contributed by atoms with Crippen molar-refractivity contribution in [3.8, 4) is 0 Å². The molecule has 0 amide bonds. The van der Waals surface area contributed by atoms with Gasteiger partial charge in [0.2, 0.25) is 10.0 Å². The van der Waals surface area contributed by atoms with Crippen molar-refractivity contribution < 1.29 is 8.42 Å². The Kier molecular flexibility index (Phi) is 4.05. The third kappa shape index (κ3) is 2.56. The molecule has 0 saturated heterocycles. The zero-order valence-corrected chi connectivity index (χ0v) is 13.1. The van der Waals surface area contributed by atoms with E-state index >= 15 is 0 Å². The molecule has 1 aromatic heterocycles. The SMILES string of the molecule is Cc1n[nH]c(C)c1S(=O)(=O)N(C)C(C)(C)CBr. The van der Waals surface area contributed by atoms with Crippen molar-refractivity contribution in [1.29, 1.82) is 0 Å². The van der Waals surface area contributed by atoms with Crippen LogP contribution >= 0.6 is 15.9 Å². The molecule has 1 rings (SSSR count). The summed E-state index contributed by atoms with van der Waals surface area (Å²) in [6.07, 6.45) is 0. The van der Waals surface area contributed by atoms with E-state index in [1.807, 2.05) is 13.8 Å². The Labute approximate surface area is 111 Å². The standard InChI is InChI=1S/C10H18BrN3O2S/c1-7-9(8(2)13-12-7)17(15,16)14(5)10(3,4)6-11/h6H2,1-5H3,(H,12,13). The molecule has 1 N–H and O–H groups in total. The van der Waals surface area contributed by atoms with Gasteiger partial charge in [0.25, 0.3) is 0 Å². The molecule has 0 aromatic carbocycles. The highest BCUT2D eigenvalue weighted by molar-refractivity contribution is 9.09. The molecule has 0 aliphatic carbocycles. The third-order valence-electron chi connectivity index (χ3n) is 2.86. The summed E-state index contributed by atoms with van der Waals surface area (Å²) in [4.78, 5) is 0.272. The minimum absolute atomic E-state index is 0.272. The van der Waals surface area contributed by atoms with Crippen molar-refractivity contribution in [1.82, 2.24) is 14.5 Å². The van der Waals surface area contributed by atoms with Gasteiger partial charge in [-0.2, -0.15) is 9.40 Å². The van der Waals surface area contributed by atoms with E-state index in [0.717, 1.165) is 0 Å². The lowest BCUT2D eigenvalue weighted by molar-refractivity contribution is 0.299. The summed E-state index contributed by atoms with van der Waals surface area (Å²) in [5, 5.41) is 7.19. The van der Waals surface area contributed by atoms with E-state index in [9.17, 15) is 8.42 Å². The van der Waals surface area contributed by atoms with E-state index < -0.39 is 15.6 Å². The summed E-state index contributed by atoms with van der Waals surface area (Å²) < 4.78 is 26.3. The summed E-state index contributed by atoms with van der Waals surface area (Å²) in [6.45, 7) is 7.13. The highest BCUT2D eigenvalue weighted by atomic mass is 79.9. The molecule has 0 spiro atoms. The smallest absolute Gasteiger partial charge is 0.246 e. The molecule has 0 bridgehead atoms. The quantitative estimate of drug-likeness (QED) is 0.859. The number of aromatic amines is 1. The van der Waals surface area contributed by atoms with Crippen molar-refractivity contribution in [3.05, 3.63) is 11.4 Å². The molecule has 7 heteroatoms. The van der Waals surface area contributed by atoms with Gasteiger partial charge >= 0.3 is 0 Å². The maximum atomic E-state index is 12.5. The van der Waals surface area contributed by atoms with Gasteiger partial charge in [-0.1, -0.05) is 15.9 Å². The van der Waals surface area contributed by atoms with Crippen LogP contribution in [0.15, 0.2) is 4.90 Å². The van der Waals surface area contributed by atoms with Crippen LogP contribution in [0.1, 0.15) is 25.2 Å². The van der Waals surface area contributed by atoms with Crippen molar-refractivity contribution in [2.24, 2.45) is 0 Å². The Balaban J connectivity index is 3.31. The van der Waals surface area contributed by atoms with Gasteiger partial charge in [0.1, 0.15) is 4.90 Å². The average molecular weight is 324 g/mol. The molecule has 1 heterocycles. The Bertz CT molecular complexity index is 488. The lowest BCUT2D eigenvalue weighted by Crippen LogP contribution is -2.46. The fourth-order valence-electron chi connectivity index (χ4n) is 1.47. The first-order valence-corrected chi connectivity index (χ1v) is 7.77. The number of alkyl halides is 1. The van der Waals surface area contributed by atoms with Crippen molar-refractivity contribution >= 4 is 26.0 Å². The Morgan fingerprint density at radius 3 is 2.29 bits per heavy atom. The molecular formula is C10H18BrN3O2S. The zero-order valence-electron chi connectivity index (χ0n) is 10.7. The highest BCUT2D eigenvalue weighted by Gasteiger charge is 2.35. The second kappa shape index (κ2) is 4.70. The number of halogens is 1. The van der Waals surface area contributed by atoms with Crippen LogP contribution in [0.5, 0.6) is 0 Å². The number of aryl methyl sites for hydroxylation is 2. The lowest BCUT2D eigenvalue weighted by Gasteiger charge is -2.32. The van der Waals surface area contributed by atoms with E-state index in [1.54, 1.807) is 20.9 Å². The van der Waals surface area contributed by atoms with Crippen LogP contribution in [0.25, 0.3) is 0 Å². The van der Waals surface area contributed by atoms with Crippen molar-refractivity contribution in [2.75, 3.05) is 12.4 Å². The summed E-state index contributed by atoms with van der Waals surface area (Å²) in [5.74, 6) is 0. The number of sulfonamides is 1. The van der Waals surface area contributed by atoms with Crippen molar-refractivity contribution in [3.63, 3.8) is 0 Å². The maximum Gasteiger partial charge on any atom is 0.246 e. The minimum Gasteiger partial charge on any atom is -0.281 e. The second-order valence-electron chi connectivity index (χ2n) is 4.68. The average Bonchev–Trinajstić information content (AvgIpc) is 2.57. The van der Waals surface area contributed by atoms with Gasteiger partial charge in [-0.3, -0.25) is 5.10 Å². The molecule has 5 nitrogen and oxygen atoms in total. The lowest BCUT2D eigenvalue weighted by atomic mass is 10.1. The van der Waals surface area contributed by atoms with E-state index in [4.69, 9.17) is 0 Å². The Hall–Kier alpha value is -0.400. The van der Waals surface area contributed by atoms with Crippen LogP contribution in [0, 0.1) is 13.8 Å². The van der Waals surface area contributed by atoms with Crippen LogP contribution < -0.4 is 0 Å². The predicted molar refractivity (Wildman–Crippen MR) is 70.9 cm³/mol. The summed E-state index contributed by atoms with van der Waals surface area (Å²) >= 11 is 3.33. The number of hydrogen-bond donors (Lipinski definition) is 1. The molecule has 0 radical (unpaired) electrons. The van der Waals surface area contributed by atoms with E-state index in [1.165, 1.54) is 4.31 Å². The zero-order chi connectivity index (χ0) is 13.4. The first-order valence-electron chi connectivity index (χ1n) is 5.21. The first kappa shape index (κ1) is 14.7. The second-order valence-corrected chi connectivity index (χ2v) is 7.15. The normalized spacial score (nSPS) is 13.4. The molecule has 0 fully saturated rings. The van der Waals surface area contributed by atoms with Gasteiger partial charge in [-0.25, -0.2) is 8.42 Å². The molecule has 0 saturated carbocycles. The Morgan fingerprint density at radius 1 is 1.41 bits per heavy atom. The van der Waals surface area contributed by atoms with Crippen LogP contribution in [-0.4, -0.2) is 40.8 Å². The predicted octanol–water partition coefficient (Wildman–Crippen LogP) is 1.82. The molecule has 0 atom stereocenters. The number of hydrogen-bond acceptors (Lipinski definition) is 3. The summed E-state index contributed by atoms with van der Waals surface area (Å²) in [5.41, 5.74) is 0.578.